The molecule has 6 heteroatoms. The molecule has 2 atom stereocenters. The molecular weight excluding hydrogens is 352 g/mol. The van der Waals surface area contributed by atoms with Gasteiger partial charge in [-0.2, -0.15) is 5.10 Å². The van der Waals surface area contributed by atoms with Gasteiger partial charge in [-0.3, -0.25) is 14.5 Å². The van der Waals surface area contributed by atoms with Gasteiger partial charge < -0.3 is 10.1 Å². The molecule has 1 N–H and O–H groups in total. The van der Waals surface area contributed by atoms with Crippen LogP contribution in [0.3, 0.4) is 0 Å². The Morgan fingerprint density at radius 3 is 2.68 bits per heavy atom. The molecule has 0 aliphatic heterocycles. The second-order valence-corrected chi connectivity index (χ2v) is 7.22. The first-order valence-corrected chi connectivity index (χ1v) is 9.56. The minimum atomic E-state index is 0.151. The summed E-state index contributed by atoms with van der Waals surface area (Å²) >= 11 is 0. The minimum absolute atomic E-state index is 0.151. The quantitative estimate of drug-likeness (QED) is 0.686. The summed E-state index contributed by atoms with van der Waals surface area (Å²) in [6.45, 7) is 3.27. The summed E-state index contributed by atoms with van der Waals surface area (Å²) in [4.78, 5) is 16.3. The Balaban J connectivity index is 1.56. The van der Waals surface area contributed by atoms with Gasteiger partial charge in [0.05, 0.1) is 25.0 Å². The maximum Gasteiger partial charge on any atom is 0.223 e. The largest absolute Gasteiger partial charge is 0.497 e. The fourth-order valence-electron chi connectivity index (χ4n) is 3.34. The number of carbonyl (C=O) groups excluding carboxylic acids is 1. The molecule has 1 amide bonds. The first-order valence-electron chi connectivity index (χ1n) is 9.56. The number of methoxy groups -OCH3 is 1. The Morgan fingerprint density at radius 1 is 1.25 bits per heavy atom. The van der Waals surface area contributed by atoms with E-state index in [0.29, 0.717) is 19.0 Å². The van der Waals surface area contributed by atoms with E-state index in [0.717, 1.165) is 34.7 Å². The van der Waals surface area contributed by atoms with E-state index in [9.17, 15) is 4.79 Å². The fourth-order valence-corrected chi connectivity index (χ4v) is 3.34. The predicted octanol–water partition coefficient (Wildman–Crippen LogP) is 3.39. The molecule has 1 fully saturated rings. The van der Waals surface area contributed by atoms with E-state index < -0.39 is 0 Å². The molecule has 2 heterocycles. The number of nitrogens with zero attached hydrogens (tertiary/aromatic N) is 3. The molecule has 144 valence electrons. The van der Waals surface area contributed by atoms with Crippen LogP contribution in [0.4, 0.5) is 0 Å². The van der Waals surface area contributed by atoms with Gasteiger partial charge in [0.15, 0.2) is 0 Å². The Kier molecular flexibility index (Phi) is 5.10. The molecule has 0 spiro atoms. The van der Waals surface area contributed by atoms with Crippen LogP contribution in [-0.4, -0.2) is 34.3 Å². The molecule has 0 unspecified atom stereocenters. The number of hydrogen-bond acceptors (Lipinski definition) is 4. The first kappa shape index (κ1) is 18.2. The van der Waals surface area contributed by atoms with Crippen molar-refractivity contribution in [3.8, 4) is 28.3 Å². The van der Waals surface area contributed by atoms with Crippen LogP contribution in [0.1, 0.15) is 13.3 Å². The van der Waals surface area contributed by atoms with Crippen molar-refractivity contribution in [3.05, 3.63) is 54.9 Å². The monoisotopic (exact) mass is 376 g/mol. The lowest BCUT2D eigenvalue weighted by atomic mass is 10.1. The topological polar surface area (TPSA) is 69.0 Å². The van der Waals surface area contributed by atoms with Gasteiger partial charge in [-0.15, -0.1) is 0 Å². The summed E-state index contributed by atoms with van der Waals surface area (Å²) in [5, 5.41) is 7.82. The number of benzene rings is 1. The normalized spacial score (nSPS) is 17.9. The molecule has 4 rings (SSSR count). The lowest BCUT2D eigenvalue weighted by Crippen LogP contribution is -2.29. The highest BCUT2D eigenvalue weighted by molar-refractivity contribution is 5.81. The molecule has 1 aliphatic carbocycles. The lowest BCUT2D eigenvalue weighted by molar-refractivity contribution is -0.122. The molecule has 0 radical (unpaired) electrons. The average Bonchev–Trinajstić information content (AvgIpc) is 3.32. The number of amides is 1. The second-order valence-electron chi connectivity index (χ2n) is 7.22. The smallest absolute Gasteiger partial charge is 0.223 e. The van der Waals surface area contributed by atoms with Gasteiger partial charge >= 0.3 is 0 Å². The minimum Gasteiger partial charge on any atom is -0.497 e. The first-order chi connectivity index (χ1) is 13.7. The van der Waals surface area contributed by atoms with Gasteiger partial charge in [0.2, 0.25) is 5.91 Å². The van der Waals surface area contributed by atoms with Crippen molar-refractivity contribution >= 4 is 5.91 Å². The van der Waals surface area contributed by atoms with Crippen molar-refractivity contribution in [2.45, 2.75) is 19.9 Å². The van der Waals surface area contributed by atoms with Crippen molar-refractivity contribution in [2.24, 2.45) is 11.8 Å². The van der Waals surface area contributed by atoms with Crippen molar-refractivity contribution in [1.29, 1.82) is 0 Å². The highest BCUT2D eigenvalue weighted by atomic mass is 16.5. The molecular formula is C22H24N4O2. The second kappa shape index (κ2) is 7.84. The Hall–Kier alpha value is -3.15. The predicted molar refractivity (Wildman–Crippen MR) is 108 cm³/mol. The van der Waals surface area contributed by atoms with Gasteiger partial charge in [-0.1, -0.05) is 6.92 Å². The van der Waals surface area contributed by atoms with E-state index in [1.165, 1.54) is 0 Å². The Labute approximate surface area is 164 Å². The summed E-state index contributed by atoms with van der Waals surface area (Å²) in [5.41, 5.74) is 3.87. The molecule has 1 aromatic carbocycles. The number of ether oxygens (including phenoxy) is 1. The SMILES string of the molecule is COc1ccc(-c2cc(-c3cccnc3)n(CCNC(=O)[C@H]3C[C@H]3C)n2)cc1. The molecule has 6 nitrogen and oxygen atoms in total. The van der Waals surface area contributed by atoms with Gasteiger partial charge in [0.25, 0.3) is 0 Å². The third kappa shape index (κ3) is 3.91. The van der Waals surface area contributed by atoms with Crippen LogP contribution in [0.15, 0.2) is 54.9 Å². The van der Waals surface area contributed by atoms with E-state index in [1.807, 2.05) is 47.3 Å². The molecule has 1 aliphatic rings. The average molecular weight is 376 g/mol. The fraction of sp³-hybridized carbons (Fsp3) is 0.318. The number of nitrogens with one attached hydrogen (secondary N) is 1. The maximum absolute atomic E-state index is 12.1. The number of pyridine rings is 1. The summed E-state index contributed by atoms with van der Waals surface area (Å²) in [6, 6.07) is 13.8. The maximum atomic E-state index is 12.1. The summed E-state index contributed by atoms with van der Waals surface area (Å²) in [5.74, 6) is 1.66. The zero-order valence-electron chi connectivity index (χ0n) is 16.1. The van der Waals surface area contributed by atoms with Crippen LogP contribution < -0.4 is 10.1 Å². The van der Waals surface area contributed by atoms with Gasteiger partial charge in [-0.25, -0.2) is 0 Å². The molecule has 1 saturated carbocycles. The summed E-state index contributed by atoms with van der Waals surface area (Å²) in [6.07, 6.45) is 4.58. The highest BCUT2D eigenvalue weighted by Crippen LogP contribution is 2.37. The zero-order chi connectivity index (χ0) is 19.5. The van der Waals surface area contributed by atoms with Crippen molar-refractivity contribution in [3.63, 3.8) is 0 Å². The van der Waals surface area contributed by atoms with E-state index >= 15 is 0 Å². The standard InChI is InChI=1S/C22H24N4O2/c1-15-12-19(15)22(27)24-10-11-26-21(17-4-3-9-23-14-17)13-20(25-26)16-5-7-18(28-2)8-6-16/h3-9,13-15,19H,10-12H2,1-2H3,(H,24,27)/t15-,19+/m1/s1. The Morgan fingerprint density at radius 2 is 2.04 bits per heavy atom. The number of rotatable bonds is 7. The van der Waals surface area contributed by atoms with Crippen molar-refractivity contribution in [2.75, 3.05) is 13.7 Å². The van der Waals surface area contributed by atoms with Gasteiger partial charge in [0.1, 0.15) is 5.75 Å². The van der Waals surface area contributed by atoms with Crippen LogP contribution in [0, 0.1) is 11.8 Å². The Bertz CT molecular complexity index is 950. The van der Waals surface area contributed by atoms with E-state index in [4.69, 9.17) is 9.84 Å². The van der Waals surface area contributed by atoms with Gasteiger partial charge in [-0.05, 0) is 54.8 Å². The number of aromatic nitrogens is 3. The number of carbonyl (C=O) groups is 1. The van der Waals surface area contributed by atoms with Crippen molar-refractivity contribution in [1.82, 2.24) is 20.1 Å². The van der Waals surface area contributed by atoms with E-state index in [-0.39, 0.29) is 11.8 Å². The van der Waals surface area contributed by atoms with Crippen LogP contribution in [0.5, 0.6) is 5.75 Å². The lowest BCUT2D eigenvalue weighted by Gasteiger charge is -2.08. The third-order valence-electron chi connectivity index (χ3n) is 5.19. The van der Waals surface area contributed by atoms with Crippen LogP contribution >= 0.6 is 0 Å². The van der Waals surface area contributed by atoms with Gasteiger partial charge in [0, 0.05) is 36.0 Å². The van der Waals surface area contributed by atoms with Crippen LogP contribution in [0.2, 0.25) is 0 Å². The summed E-state index contributed by atoms with van der Waals surface area (Å²) in [7, 11) is 1.65. The van der Waals surface area contributed by atoms with E-state index in [1.54, 1.807) is 13.3 Å². The van der Waals surface area contributed by atoms with Crippen molar-refractivity contribution < 1.29 is 9.53 Å². The molecule has 28 heavy (non-hydrogen) atoms. The molecule has 2 aromatic heterocycles. The van der Waals surface area contributed by atoms with E-state index in [2.05, 4.69) is 23.3 Å². The third-order valence-corrected chi connectivity index (χ3v) is 5.19. The number of hydrogen-bond donors (Lipinski definition) is 1. The molecule has 0 saturated heterocycles. The summed E-state index contributed by atoms with van der Waals surface area (Å²) < 4.78 is 7.17. The van der Waals surface area contributed by atoms with Crippen LogP contribution in [-0.2, 0) is 11.3 Å². The highest BCUT2D eigenvalue weighted by Gasteiger charge is 2.38. The molecule has 0 bridgehead atoms. The molecule has 3 aromatic rings. The van der Waals surface area contributed by atoms with Crippen LogP contribution in [0.25, 0.3) is 22.5 Å². The zero-order valence-corrected chi connectivity index (χ0v) is 16.1.